The number of nitrogens with one attached hydrogen (secondary N) is 1. The molecule has 0 unspecified atom stereocenters. The molecule has 2 aliphatic rings. The quantitative estimate of drug-likeness (QED) is 0.489. The van der Waals surface area contributed by atoms with Crippen LogP contribution < -0.4 is 5.32 Å². The van der Waals surface area contributed by atoms with Gasteiger partial charge in [-0.05, 0) is 30.0 Å². The third-order valence-electron chi connectivity index (χ3n) is 7.75. The maximum atomic E-state index is 13.8. The Hall–Kier alpha value is -3.98. The van der Waals surface area contributed by atoms with E-state index in [0.29, 0.717) is 18.7 Å². The second kappa shape index (κ2) is 10.6. The van der Waals surface area contributed by atoms with Crippen molar-refractivity contribution in [3.05, 3.63) is 77.2 Å². The van der Waals surface area contributed by atoms with Gasteiger partial charge in [0.15, 0.2) is 0 Å². The van der Waals surface area contributed by atoms with Gasteiger partial charge in [0.25, 0.3) is 5.91 Å². The molecule has 5 rings (SSSR count). The van der Waals surface area contributed by atoms with E-state index in [1.165, 1.54) is 4.90 Å². The minimum Gasteiger partial charge on any atom is -0.391 e. The van der Waals surface area contributed by atoms with Gasteiger partial charge in [-0.2, -0.15) is 0 Å². The molecule has 9 heteroatoms. The van der Waals surface area contributed by atoms with E-state index >= 15 is 0 Å². The number of β-amino-alcohol motifs (C(OH)–C–C–N with tert-alkyl or cyclic N) is 1. The van der Waals surface area contributed by atoms with Gasteiger partial charge in [0.05, 0.1) is 23.8 Å². The van der Waals surface area contributed by atoms with Gasteiger partial charge in [0, 0.05) is 44.2 Å². The average molecular weight is 530 g/mol. The molecule has 3 aromatic rings. The summed E-state index contributed by atoms with van der Waals surface area (Å²) in [4.78, 5) is 47.7. The summed E-state index contributed by atoms with van der Waals surface area (Å²) in [5, 5.41) is 13.4. The molecule has 0 bridgehead atoms. The number of hydrogen-bond acceptors (Lipinski definition) is 5. The van der Waals surface area contributed by atoms with Crippen LogP contribution in [0.1, 0.15) is 47.4 Å². The molecule has 39 heavy (non-hydrogen) atoms. The summed E-state index contributed by atoms with van der Waals surface area (Å²) in [5.74, 6) is -0.967. The standard InChI is InChI=1S/C30H35N5O4/c1-18(2)26(35-15-22-7-5-6-8-24(22)29(35)38)30(39)34-16-23(36)13-25(34)28(37)31-14-20-9-11-21(12-10-20)27-19(3)32-17-33(27)4/h5-12,17-18,23,25-26,36H,13-16H2,1-4H3,(H,31,37)/t23-,25+,26+/m1/s1. The van der Waals surface area contributed by atoms with Gasteiger partial charge in [0.1, 0.15) is 12.1 Å². The number of imidazole rings is 1. The highest BCUT2D eigenvalue weighted by Crippen LogP contribution is 2.30. The fourth-order valence-corrected chi connectivity index (χ4v) is 5.80. The maximum Gasteiger partial charge on any atom is 0.255 e. The molecule has 9 nitrogen and oxygen atoms in total. The zero-order valence-corrected chi connectivity index (χ0v) is 22.8. The van der Waals surface area contributed by atoms with Crippen LogP contribution in [0.3, 0.4) is 0 Å². The van der Waals surface area contributed by atoms with Crippen molar-refractivity contribution >= 4 is 17.7 Å². The SMILES string of the molecule is Cc1ncn(C)c1-c1ccc(CNC(=O)[C@@H]2C[C@@H](O)CN2C(=O)[C@H](C(C)C)N2Cc3ccccc3C2=O)cc1. The Labute approximate surface area is 228 Å². The molecule has 204 valence electrons. The second-order valence-corrected chi connectivity index (χ2v) is 10.9. The molecule has 2 N–H and O–H groups in total. The number of rotatable bonds is 7. The van der Waals surface area contributed by atoms with E-state index < -0.39 is 18.2 Å². The van der Waals surface area contributed by atoms with Crippen LogP contribution >= 0.6 is 0 Å². The van der Waals surface area contributed by atoms with E-state index in [-0.39, 0.29) is 36.6 Å². The van der Waals surface area contributed by atoms with Crippen LogP contribution in [0.25, 0.3) is 11.3 Å². The minimum absolute atomic E-state index is 0.0634. The lowest BCUT2D eigenvalue weighted by Gasteiger charge is -2.35. The monoisotopic (exact) mass is 529 g/mol. The highest BCUT2D eigenvalue weighted by Gasteiger charge is 2.45. The van der Waals surface area contributed by atoms with E-state index in [4.69, 9.17) is 0 Å². The number of aromatic nitrogens is 2. The minimum atomic E-state index is -0.801. The maximum absolute atomic E-state index is 13.8. The molecular formula is C30H35N5O4. The van der Waals surface area contributed by atoms with Crippen LogP contribution in [0.4, 0.5) is 0 Å². The molecule has 2 aliphatic heterocycles. The van der Waals surface area contributed by atoms with Gasteiger partial charge in [-0.3, -0.25) is 14.4 Å². The second-order valence-electron chi connectivity index (χ2n) is 10.9. The molecule has 1 aromatic heterocycles. The number of hydrogen-bond donors (Lipinski definition) is 2. The van der Waals surface area contributed by atoms with Crippen molar-refractivity contribution in [2.24, 2.45) is 13.0 Å². The Morgan fingerprint density at radius 2 is 1.85 bits per heavy atom. The van der Waals surface area contributed by atoms with Crippen molar-refractivity contribution < 1.29 is 19.5 Å². The molecule has 1 saturated heterocycles. The van der Waals surface area contributed by atoms with Gasteiger partial charge in [0.2, 0.25) is 11.8 Å². The first-order valence-corrected chi connectivity index (χ1v) is 13.4. The summed E-state index contributed by atoms with van der Waals surface area (Å²) in [6.07, 6.45) is 1.14. The Bertz CT molecular complexity index is 1380. The smallest absolute Gasteiger partial charge is 0.255 e. The zero-order chi connectivity index (χ0) is 27.8. The van der Waals surface area contributed by atoms with Gasteiger partial charge in [-0.1, -0.05) is 56.3 Å². The number of aliphatic hydroxyl groups excluding tert-OH is 1. The number of amides is 3. The van der Waals surface area contributed by atoms with Crippen LogP contribution in [0.2, 0.25) is 0 Å². The summed E-state index contributed by atoms with van der Waals surface area (Å²) < 4.78 is 1.97. The predicted molar refractivity (Wildman–Crippen MR) is 146 cm³/mol. The van der Waals surface area contributed by atoms with Gasteiger partial charge >= 0.3 is 0 Å². The lowest BCUT2D eigenvalue weighted by molar-refractivity contribution is -0.143. The third kappa shape index (κ3) is 5.06. The number of fused-ring (bicyclic) bond motifs is 1. The number of likely N-dealkylation sites (tertiary alicyclic amines) is 1. The Morgan fingerprint density at radius 1 is 1.13 bits per heavy atom. The number of carbonyl (C=O) groups excluding carboxylic acids is 3. The molecule has 0 radical (unpaired) electrons. The Kier molecular flexibility index (Phi) is 7.27. The van der Waals surface area contributed by atoms with Gasteiger partial charge in [-0.25, -0.2) is 4.98 Å². The van der Waals surface area contributed by atoms with Crippen LogP contribution in [-0.4, -0.2) is 66.9 Å². The van der Waals surface area contributed by atoms with E-state index in [2.05, 4.69) is 10.3 Å². The third-order valence-corrected chi connectivity index (χ3v) is 7.75. The molecule has 0 saturated carbocycles. The first-order chi connectivity index (χ1) is 18.7. The summed E-state index contributed by atoms with van der Waals surface area (Å²) in [7, 11) is 1.95. The van der Waals surface area contributed by atoms with Crippen molar-refractivity contribution in [3.63, 3.8) is 0 Å². The van der Waals surface area contributed by atoms with Crippen LogP contribution in [0, 0.1) is 12.8 Å². The van der Waals surface area contributed by atoms with Crippen molar-refractivity contribution in [2.45, 2.75) is 58.5 Å². The van der Waals surface area contributed by atoms with E-state index in [0.717, 1.165) is 28.1 Å². The van der Waals surface area contributed by atoms with E-state index in [1.807, 2.05) is 74.9 Å². The topological polar surface area (TPSA) is 108 Å². The molecule has 1 fully saturated rings. The molecule has 3 amide bonds. The predicted octanol–water partition coefficient (Wildman–Crippen LogP) is 2.65. The summed E-state index contributed by atoms with van der Waals surface area (Å²) in [6.45, 7) is 6.48. The lowest BCUT2D eigenvalue weighted by Crippen LogP contribution is -2.55. The summed E-state index contributed by atoms with van der Waals surface area (Å²) in [6, 6.07) is 13.8. The van der Waals surface area contributed by atoms with E-state index in [9.17, 15) is 19.5 Å². The molecular weight excluding hydrogens is 494 g/mol. The van der Waals surface area contributed by atoms with Gasteiger partial charge in [-0.15, -0.1) is 0 Å². The first kappa shape index (κ1) is 26.6. The zero-order valence-electron chi connectivity index (χ0n) is 22.8. The van der Waals surface area contributed by atoms with Crippen molar-refractivity contribution in [3.8, 4) is 11.3 Å². The highest BCUT2D eigenvalue weighted by molar-refractivity contribution is 6.01. The normalized spacial score (nSPS) is 19.5. The fourth-order valence-electron chi connectivity index (χ4n) is 5.80. The van der Waals surface area contributed by atoms with Crippen molar-refractivity contribution in [1.82, 2.24) is 24.7 Å². The molecule has 3 atom stereocenters. The molecule has 0 spiro atoms. The lowest BCUT2D eigenvalue weighted by atomic mass is 10.0. The number of aryl methyl sites for hydroxylation is 2. The fraction of sp³-hybridized carbons (Fsp3) is 0.400. The van der Waals surface area contributed by atoms with Crippen molar-refractivity contribution in [1.29, 1.82) is 0 Å². The molecule has 2 aromatic carbocycles. The van der Waals surface area contributed by atoms with Gasteiger partial charge < -0.3 is 24.8 Å². The number of nitrogens with zero attached hydrogens (tertiary/aromatic N) is 4. The van der Waals surface area contributed by atoms with Crippen molar-refractivity contribution in [2.75, 3.05) is 6.54 Å². The largest absolute Gasteiger partial charge is 0.391 e. The number of carbonyl (C=O) groups is 3. The first-order valence-electron chi connectivity index (χ1n) is 13.4. The number of benzene rings is 2. The Morgan fingerprint density at radius 3 is 2.49 bits per heavy atom. The summed E-state index contributed by atoms with van der Waals surface area (Å²) >= 11 is 0. The Balaban J connectivity index is 1.27. The number of aliphatic hydroxyl groups is 1. The van der Waals surface area contributed by atoms with Crippen LogP contribution in [-0.2, 0) is 29.7 Å². The van der Waals surface area contributed by atoms with Crippen LogP contribution in [0.5, 0.6) is 0 Å². The van der Waals surface area contributed by atoms with Crippen LogP contribution in [0.15, 0.2) is 54.9 Å². The molecule has 3 heterocycles. The average Bonchev–Trinajstić information content (AvgIpc) is 3.58. The summed E-state index contributed by atoms with van der Waals surface area (Å²) in [5.41, 5.74) is 5.44. The van der Waals surface area contributed by atoms with E-state index in [1.54, 1.807) is 17.3 Å². The highest BCUT2D eigenvalue weighted by atomic mass is 16.3. The molecule has 0 aliphatic carbocycles.